The normalized spacial score (nSPS) is 18.9. The van der Waals surface area contributed by atoms with Gasteiger partial charge in [-0.2, -0.15) is 0 Å². The fourth-order valence-corrected chi connectivity index (χ4v) is 4.01. The number of carbonyl (C=O) groups excluding carboxylic acids is 2. The van der Waals surface area contributed by atoms with Crippen LogP contribution in [0, 0.1) is 5.92 Å². The summed E-state index contributed by atoms with van der Waals surface area (Å²) in [5.41, 5.74) is 2.52. The number of amides is 2. The smallest absolute Gasteiger partial charge is 0.254 e. The molecule has 1 aromatic carbocycles. The lowest BCUT2D eigenvalue weighted by Gasteiger charge is -2.36. The van der Waals surface area contributed by atoms with E-state index in [0.29, 0.717) is 37.6 Å². The highest BCUT2D eigenvalue weighted by Gasteiger charge is 2.30. The van der Waals surface area contributed by atoms with Gasteiger partial charge < -0.3 is 14.4 Å². The van der Waals surface area contributed by atoms with Gasteiger partial charge in [0.15, 0.2) is 0 Å². The number of rotatable bonds is 2. The predicted molar refractivity (Wildman–Crippen MR) is 95.2 cm³/mol. The van der Waals surface area contributed by atoms with E-state index in [4.69, 9.17) is 0 Å². The quantitative estimate of drug-likeness (QED) is 0.841. The largest absolute Gasteiger partial charge is 0.339 e. The van der Waals surface area contributed by atoms with Gasteiger partial charge in [-0.1, -0.05) is 12.8 Å². The monoisotopic (exact) mass is 340 g/mol. The van der Waals surface area contributed by atoms with E-state index in [1.165, 1.54) is 12.8 Å². The molecule has 0 bridgehead atoms. The summed E-state index contributed by atoms with van der Waals surface area (Å²) in [4.78, 5) is 33.4. The molecule has 2 heterocycles. The predicted octanol–water partition coefficient (Wildman–Crippen LogP) is 2.05. The topological polar surface area (TPSA) is 58.4 Å². The Morgan fingerprint density at radius 1 is 1.04 bits per heavy atom. The molecule has 132 valence electrons. The Kier molecular flexibility index (Phi) is 4.19. The van der Waals surface area contributed by atoms with Gasteiger partial charge in [0.25, 0.3) is 5.91 Å². The molecule has 0 unspecified atom stereocenters. The summed E-state index contributed by atoms with van der Waals surface area (Å²) in [7, 11) is 1.94. The summed E-state index contributed by atoms with van der Waals surface area (Å²) in [6, 6.07) is 5.66. The van der Waals surface area contributed by atoms with Crippen LogP contribution in [0.2, 0.25) is 0 Å². The molecule has 0 radical (unpaired) electrons. The first kappa shape index (κ1) is 16.1. The number of fused-ring (bicyclic) bond motifs is 1. The molecule has 4 rings (SSSR count). The number of piperazine rings is 1. The van der Waals surface area contributed by atoms with Crippen molar-refractivity contribution in [1.82, 2.24) is 19.4 Å². The maximum atomic E-state index is 12.8. The number of benzene rings is 1. The molecule has 0 spiro atoms. The van der Waals surface area contributed by atoms with E-state index in [-0.39, 0.29) is 11.8 Å². The lowest BCUT2D eigenvalue weighted by Crippen LogP contribution is -2.51. The van der Waals surface area contributed by atoms with Gasteiger partial charge in [0.05, 0.1) is 17.4 Å². The van der Waals surface area contributed by atoms with Gasteiger partial charge in [-0.05, 0) is 31.0 Å². The molecule has 2 aromatic rings. The number of nitrogens with zero attached hydrogens (tertiary/aromatic N) is 4. The molecular formula is C19H24N4O2. The van der Waals surface area contributed by atoms with Crippen LogP contribution in [-0.4, -0.2) is 57.3 Å². The van der Waals surface area contributed by atoms with Crippen molar-refractivity contribution >= 4 is 22.8 Å². The van der Waals surface area contributed by atoms with Crippen molar-refractivity contribution < 1.29 is 9.59 Å². The number of hydrogen-bond donors (Lipinski definition) is 0. The van der Waals surface area contributed by atoms with Crippen LogP contribution in [0.1, 0.15) is 36.0 Å². The number of aryl methyl sites for hydroxylation is 1. The van der Waals surface area contributed by atoms with Crippen LogP contribution in [0.3, 0.4) is 0 Å². The van der Waals surface area contributed by atoms with Crippen LogP contribution < -0.4 is 0 Å². The van der Waals surface area contributed by atoms with E-state index >= 15 is 0 Å². The van der Waals surface area contributed by atoms with Gasteiger partial charge in [-0.15, -0.1) is 0 Å². The van der Waals surface area contributed by atoms with Gasteiger partial charge in [0, 0.05) is 44.7 Å². The minimum absolute atomic E-state index is 0.0283. The minimum Gasteiger partial charge on any atom is -0.339 e. The zero-order valence-electron chi connectivity index (χ0n) is 14.6. The summed E-state index contributed by atoms with van der Waals surface area (Å²) in [6.45, 7) is 2.51. The number of hydrogen-bond acceptors (Lipinski definition) is 3. The molecule has 6 nitrogen and oxygen atoms in total. The first-order valence-electron chi connectivity index (χ1n) is 9.12. The van der Waals surface area contributed by atoms with Crippen molar-refractivity contribution in [1.29, 1.82) is 0 Å². The number of aromatic nitrogens is 2. The molecular weight excluding hydrogens is 316 g/mol. The summed E-state index contributed by atoms with van der Waals surface area (Å²) < 4.78 is 1.94. The zero-order chi connectivity index (χ0) is 17.4. The van der Waals surface area contributed by atoms with E-state index in [1.54, 1.807) is 6.33 Å². The molecule has 1 aromatic heterocycles. The van der Waals surface area contributed by atoms with Gasteiger partial charge >= 0.3 is 0 Å². The van der Waals surface area contributed by atoms with E-state index in [0.717, 1.165) is 23.9 Å². The van der Waals surface area contributed by atoms with Gasteiger partial charge in [-0.3, -0.25) is 9.59 Å². The number of imidazole rings is 1. The van der Waals surface area contributed by atoms with Crippen molar-refractivity contribution in [2.75, 3.05) is 26.2 Å². The standard InChI is InChI=1S/C19H24N4O2/c1-21-13-20-16-12-15(6-7-17(16)21)19(25)23-10-8-22(9-11-23)18(24)14-4-2-3-5-14/h6-7,12-14H,2-5,8-11H2,1H3. The fourth-order valence-electron chi connectivity index (χ4n) is 4.01. The van der Waals surface area contributed by atoms with E-state index in [1.807, 2.05) is 39.6 Å². The molecule has 1 aliphatic heterocycles. The van der Waals surface area contributed by atoms with Crippen LogP contribution in [-0.2, 0) is 11.8 Å². The molecule has 6 heteroatoms. The summed E-state index contributed by atoms with van der Waals surface area (Å²) >= 11 is 0. The highest BCUT2D eigenvalue weighted by Crippen LogP contribution is 2.27. The molecule has 1 saturated heterocycles. The average molecular weight is 340 g/mol. The van der Waals surface area contributed by atoms with Crippen molar-refractivity contribution in [2.24, 2.45) is 13.0 Å². The maximum Gasteiger partial charge on any atom is 0.254 e. The van der Waals surface area contributed by atoms with Crippen LogP contribution in [0.4, 0.5) is 0 Å². The molecule has 2 aliphatic rings. The van der Waals surface area contributed by atoms with Crippen molar-refractivity contribution in [2.45, 2.75) is 25.7 Å². The van der Waals surface area contributed by atoms with Crippen LogP contribution in [0.15, 0.2) is 24.5 Å². The molecule has 0 atom stereocenters. The van der Waals surface area contributed by atoms with Gasteiger partial charge in [-0.25, -0.2) is 4.98 Å². The fraction of sp³-hybridized carbons (Fsp3) is 0.526. The average Bonchev–Trinajstić information content (AvgIpc) is 3.31. The molecule has 2 amide bonds. The Labute approximate surface area is 147 Å². The second-order valence-corrected chi connectivity index (χ2v) is 7.16. The highest BCUT2D eigenvalue weighted by molar-refractivity contribution is 5.97. The first-order chi connectivity index (χ1) is 12.1. The van der Waals surface area contributed by atoms with Crippen LogP contribution in [0.25, 0.3) is 11.0 Å². The lowest BCUT2D eigenvalue weighted by atomic mass is 10.1. The van der Waals surface area contributed by atoms with E-state index < -0.39 is 0 Å². The van der Waals surface area contributed by atoms with Gasteiger partial charge in [0.1, 0.15) is 0 Å². The molecule has 1 saturated carbocycles. The summed E-state index contributed by atoms with van der Waals surface area (Å²) in [5.74, 6) is 0.536. The Bertz CT molecular complexity index is 799. The van der Waals surface area contributed by atoms with Crippen LogP contribution in [0.5, 0.6) is 0 Å². The van der Waals surface area contributed by atoms with E-state index in [2.05, 4.69) is 4.98 Å². The van der Waals surface area contributed by atoms with E-state index in [9.17, 15) is 9.59 Å². The first-order valence-corrected chi connectivity index (χ1v) is 9.12. The van der Waals surface area contributed by atoms with Crippen molar-refractivity contribution in [3.63, 3.8) is 0 Å². The molecule has 2 fully saturated rings. The lowest BCUT2D eigenvalue weighted by molar-refractivity contribution is -0.136. The second kappa shape index (κ2) is 6.50. The molecule has 25 heavy (non-hydrogen) atoms. The third-order valence-corrected chi connectivity index (χ3v) is 5.56. The van der Waals surface area contributed by atoms with Crippen molar-refractivity contribution in [3.05, 3.63) is 30.1 Å². The Morgan fingerprint density at radius 2 is 1.72 bits per heavy atom. The Hall–Kier alpha value is -2.37. The zero-order valence-corrected chi connectivity index (χ0v) is 14.6. The minimum atomic E-state index is 0.0283. The highest BCUT2D eigenvalue weighted by atomic mass is 16.2. The summed E-state index contributed by atoms with van der Waals surface area (Å²) in [5, 5.41) is 0. The second-order valence-electron chi connectivity index (χ2n) is 7.16. The Morgan fingerprint density at radius 3 is 2.44 bits per heavy atom. The molecule has 0 N–H and O–H groups in total. The third-order valence-electron chi connectivity index (χ3n) is 5.56. The number of carbonyl (C=O) groups is 2. The maximum absolute atomic E-state index is 12.8. The van der Waals surface area contributed by atoms with Crippen molar-refractivity contribution in [3.8, 4) is 0 Å². The molecule has 1 aliphatic carbocycles. The van der Waals surface area contributed by atoms with Crippen LogP contribution >= 0.6 is 0 Å². The van der Waals surface area contributed by atoms with Gasteiger partial charge in [0.2, 0.25) is 5.91 Å². The SMILES string of the molecule is Cn1cnc2cc(C(=O)N3CCN(C(=O)C4CCCC4)CC3)ccc21. The Balaban J connectivity index is 1.40. The summed E-state index contributed by atoms with van der Waals surface area (Å²) in [6.07, 6.45) is 6.16. The third kappa shape index (κ3) is 3.01.